The molecule has 1 amide bonds. The minimum absolute atomic E-state index is 0.226. The highest BCUT2D eigenvalue weighted by molar-refractivity contribution is 6.35. The summed E-state index contributed by atoms with van der Waals surface area (Å²) >= 11 is 12.1. The third kappa shape index (κ3) is 4.55. The predicted octanol–water partition coefficient (Wildman–Crippen LogP) is 4.77. The molecule has 1 aromatic heterocycles. The summed E-state index contributed by atoms with van der Waals surface area (Å²) in [6.07, 6.45) is 1.50. The van der Waals surface area contributed by atoms with Crippen LogP contribution in [0.15, 0.2) is 59.5 Å². The molecule has 28 heavy (non-hydrogen) atoms. The van der Waals surface area contributed by atoms with E-state index in [4.69, 9.17) is 27.9 Å². The minimum Gasteiger partial charge on any atom is -0.495 e. The average Bonchev–Trinajstić information content (AvgIpc) is 2.65. The molecule has 0 atom stereocenters. The van der Waals surface area contributed by atoms with Gasteiger partial charge in [-0.1, -0.05) is 35.3 Å². The Morgan fingerprint density at radius 3 is 2.61 bits per heavy atom. The number of anilines is 1. The summed E-state index contributed by atoms with van der Waals surface area (Å²) in [5.74, 6) is 0.208. The Bertz CT molecular complexity index is 1090. The Morgan fingerprint density at radius 1 is 1.11 bits per heavy atom. The topological polar surface area (TPSA) is 60.3 Å². The molecule has 2 aromatic carbocycles. The van der Waals surface area contributed by atoms with Crippen molar-refractivity contribution in [2.24, 2.45) is 0 Å². The van der Waals surface area contributed by atoms with Crippen molar-refractivity contribution >= 4 is 34.8 Å². The van der Waals surface area contributed by atoms with E-state index >= 15 is 0 Å². The van der Waals surface area contributed by atoms with Crippen LogP contribution in [0, 0.1) is 6.92 Å². The van der Waals surface area contributed by atoms with E-state index in [0.717, 1.165) is 11.1 Å². The molecule has 0 aliphatic rings. The molecule has 1 N–H and O–H groups in total. The van der Waals surface area contributed by atoms with Crippen molar-refractivity contribution in [3.63, 3.8) is 0 Å². The Morgan fingerprint density at radius 2 is 1.89 bits per heavy atom. The highest BCUT2D eigenvalue weighted by Gasteiger charge is 2.12. The molecule has 0 saturated heterocycles. The number of halogens is 2. The van der Waals surface area contributed by atoms with E-state index < -0.39 is 0 Å². The van der Waals surface area contributed by atoms with Gasteiger partial charge in [0.25, 0.3) is 11.5 Å². The van der Waals surface area contributed by atoms with Crippen LogP contribution in [0.25, 0.3) is 0 Å². The molecule has 0 saturated carbocycles. The third-order valence-corrected chi connectivity index (χ3v) is 4.79. The number of nitrogens with zero attached hydrogens (tertiary/aromatic N) is 1. The molecule has 3 rings (SSSR count). The van der Waals surface area contributed by atoms with Crippen molar-refractivity contribution in [2.75, 3.05) is 12.4 Å². The fourth-order valence-corrected chi connectivity index (χ4v) is 3.20. The fourth-order valence-electron chi connectivity index (χ4n) is 2.74. The number of rotatable bonds is 5. The number of methoxy groups -OCH3 is 1. The first-order valence-corrected chi connectivity index (χ1v) is 9.23. The zero-order valence-corrected chi connectivity index (χ0v) is 16.8. The van der Waals surface area contributed by atoms with Crippen LogP contribution in [0.1, 0.15) is 21.5 Å². The molecule has 7 heteroatoms. The molecule has 1 heterocycles. The van der Waals surface area contributed by atoms with Crippen LogP contribution in [0.3, 0.4) is 0 Å². The van der Waals surface area contributed by atoms with Crippen molar-refractivity contribution in [1.29, 1.82) is 0 Å². The maximum Gasteiger partial charge on any atom is 0.257 e. The molecule has 0 radical (unpaired) electrons. The number of nitrogens with one attached hydrogen (secondary N) is 1. The van der Waals surface area contributed by atoms with E-state index in [-0.39, 0.29) is 18.0 Å². The van der Waals surface area contributed by atoms with Gasteiger partial charge >= 0.3 is 0 Å². The van der Waals surface area contributed by atoms with Crippen LogP contribution in [0.2, 0.25) is 10.0 Å². The number of hydrogen-bond acceptors (Lipinski definition) is 3. The standard InChI is InChI=1S/C21H18Cl2N2O3/c1-13-3-7-19(28-2)18(9-13)24-21(27)15-5-8-20(26)25(12-15)11-14-4-6-16(22)10-17(14)23/h3-10,12H,11H2,1-2H3,(H,24,27). The van der Waals surface area contributed by atoms with E-state index in [1.807, 2.05) is 19.1 Å². The number of ether oxygens (including phenoxy) is 1. The highest BCUT2D eigenvalue weighted by Crippen LogP contribution is 2.26. The summed E-state index contributed by atoms with van der Waals surface area (Å²) in [5.41, 5.74) is 2.37. The van der Waals surface area contributed by atoms with E-state index in [1.54, 1.807) is 24.3 Å². The second-order valence-electron chi connectivity index (χ2n) is 6.28. The van der Waals surface area contributed by atoms with Gasteiger partial charge in [-0.3, -0.25) is 9.59 Å². The van der Waals surface area contributed by atoms with Gasteiger partial charge in [0.2, 0.25) is 0 Å². The zero-order chi connectivity index (χ0) is 20.3. The fraction of sp³-hybridized carbons (Fsp3) is 0.143. The van der Waals surface area contributed by atoms with Crippen LogP contribution >= 0.6 is 23.2 Å². The first-order chi connectivity index (χ1) is 13.4. The lowest BCUT2D eigenvalue weighted by atomic mass is 10.2. The minimum atomic E-state index is -0.347. The second-order valence-corrected chi connectivity index (χ2v) is 7.12. The molecular formula is C21H18Cl2N2O3. The SMILES string of the molecule is COc1ccc(C)cc1NC(=O)c1ccc(=O)n(Cc2ccc(Cl)cc2Cl)c1. The molecule has 0 bridgehead atoms. The van der Waals surface area contributed by atoms with Crippen LogP contribution in [-0.4, -0.2) is 17.6 Å². The number of carbonyl (C=O) groups excluding carboxylic acids is 1. The quantitative estimate of drug-likeness (QED) is 0.651. The number of aromatic nitrogens is 1. The number of benzene rings is 2. The maximum absolute atomic E-state index is 12.7. The normalized spacial score (nSPS) is 10.6. The van der Waals surface area contributed by atoms with Gasteiger partial charge < -0.3 is 14.6 Å². The van der Waals surface area contributed by atoms with Crippen LogP contribution in [0.5, 0.6) is 5.75 Å². The molecular weight excluding hydrogens is 399 g/mol. The molecule has 144 valence electrons. The first-order valence-electron chi connectivity index (χ1n) is 8.48. The zero-order valence-electron chi connectivity index (χ0n) is 15.3. The van der Waals surface area contributed by atoms with Gasteiger partial charge in [0, 0.05) is 22.3 Å². The van der Waals surface area contributed by atoms with Crippen molar-refractivity contribution in [3.8, 4) is 5.75 Å². The summed E-state index contributed by atoms with van der Waals surface area (Å²) in [6.45, 7) is 2.15. The lowest BCUT2D eigenvalue weighted by Crippen LogP contribution is -2.22. The van der Waals surface area contributed by atoms with Crippen molar-refractivity contribution in [3.05, 3.63) is 91.8 Å². The lowest BCUT2D eigenvalue weighted by Gasteiger charge is -2.13. The molecule has 0 spiro atoms. The predicted molar refractivity (Wildman–Crippen MR) is 112 cm³/mol. The number of carbonyl (C=O) groups is 1. The Hall–Kier alpha value is -2.76. The molecule has 5 nitrogen and oxygen atoms in total. The molecule has 0 aliphatic heterocycles. The highest BCUT2D eigenvalue weighted by atomic mass is 35.5. The number of hydrogen-bond donors (Lipinski definition) is 1. The van der Waals surface area contributed by atoms with Crippen LogP contribution < -0.4 is 15.6 Å². The average molecular weight is 417 g/mol. The van der Waals surface area contributed by atoms with Crippen molar-refractivity contribution < 1.29 is 9.53 Å². The summed E-state index contributed by atoms with van der Waals surface area (Å²) in [4.78, 5) is 24.9. The Kier molecular flexibility index (Phi) is 6.07. The number of aryl methyl sites for hydroxylation is 1. The van der Waals surface area contributed by atoms with Gasteiger partial charge in [-0.15, -0.1) is 0 Å². The smallest absolute Gasteiger partial charge is 0.257 e. The van der Waals surface area contributed by atoms with Gasteiger partial charge in [0.1, 0.15) is 5.75 Å². The first kappa shape index (κ1) is 20.0. The van der Waals surface area contributed by atoms with Crippen molar-refractivity contribution in [1.82, 2.24) is 4.57 Å². The van der Waals surface area contributed by atoms with Gasteiger partial charge in [-0.25, -0.2) is 0 Å². The van der Waals surface area contributed by atoms with Gasteiger partial charge in [-0.2, -0.15) is 0 Å². The molecule has 0 unspecified atom stereocenters. The van der Waals surface area contributed by atoms with Crippen LogP contribution in [-0.2, 0) is 6.54 Å². The third-order valence-electron chi connectivity index (χ3n) is 4.20. The van der Waals surface area contributed by atoms with Crippen molar-refractivity contribution in [2.45, 2.75) is 13.5 Å². The van der Waals surface area contributed by atoms with E-state index in [2.05, 4.69) is 5.32 Å². The largest absolute Gasteiger partial charge is 0.495 e. The van der Waals surface area contributed by atoms with Crippen LogP contribution in [0.4, 0.5) is 5.69 Å². The summed E-state index contributed by atoms with van der Waals surface area (Å²) in [7, 11) is 1.54. The Labute approximate surface area is 172 Å². The Balaban J connectivity index is 1.87. The van der Waals surface area contributed by atoms with E-state index in [9.17, 15) is 9.59 Å². The van der Waals surface area contributed by atoms with E-state index in [0.29, 0.717) is 27.0 Å². The second kappa shape index (κ2) is 8.50. The summed E-state index contributed by atoms with van der Waals surface area (Å²) in [5, 5.41) is 3.80. The number of amides is 1. The maximum atomic E-state index is 12.7. The molecule has 3 aromatic rings. The monoisotopic (exact) mass is 416 g/mol. The lowest BCUT2D eigenvalue weighted by molar-refractivity contribution is 0.102. The molecule has 0 aliphatic carbocycles. The van der Waals surface area contributed by atoms with Gasteiger partial charge in [-0.05, 0) is 48.4 Å². The van der Waals surface area contributed by atoms with E-state index in [1.165, 1.54) is 30.0 Å². The van der Waals surface area contributed by atoms with Gasteiger partial charge in [0.05, 0.1) is 24.9 Å². The summed E-state index contributed by atoms with van der Waals surface area (Å²) in [6, 6.07) is 13.4. The van der Waals surface area contributed by atoms with Gasteiger partial charge in [0.15, 0.2) is 0 Å². The molecule has 0 fully saturated rings. The summed E-state index contributed by atoms with van der Waals surface area (Å²) < 4.78 is 6.71. The number of pyridine rings is 1.